The highest BCUT2D eigenvalue weighted by Gasteiger charge is 2.42. The van der Waals surface area contributed by atoms with E-state index in [1.807, 2.05) is 27.7 Å². The smallest absolute Gasteiger partial charge is 0.225 e. The summed E-state index contributed by atoms with van der Waals surface area (Å²) in [4.78, 5) is 24.5. The van der Waals surface area contributed by atoms with Gasteiger partial charge < -0.3 is 10.6 Å². The Morgan fingerprint density at radius 2 is 1.75 bits per heavy atom. The molecule has 1 rings (SSSR count). The van der Waals surface area contributed by atoms with E-state index in [4.69, 9.17) is 0 Å². The Bertz CT molecular complexity index is 468. The van der Waals surface area contributed by atoms with Crippen molar-refractivity contribution in [3.8, 4) is 0 Å². The molecule has 140 valence electrons. The van der Waals surface area contributed by atoms with Crippen molar-refractivity contribution in [1.82, 2.24) is 10.6 Å². The van der Waals surface area contributed by atoms with Crippen molar-refractivity contribution in [3.05, 3.63) is 0 Å². The van der Waals surface area contributed by atoms with Crippen LogP contribution in [0.2, 0.25) is 0 Å². The highest BCUT2D eigenvalue weighted by Crippen LogP contribution is 2.46. The molecule has 1 fully saturated rings. The lowest BCUT2D eigenvalue weighted by molar-refractivity contribution is -0.131. The van der Waals surface area contributed by atoms with Gasteiger partial charge in [0.05, 0.1) is 0 Å². The molecule has 0 aromatic rings. The molecule has 1 aliphatic carbocycles. The maximum atomic E-state index is 12.6. The molecule has 0 spiro atoms. The highest BCUT2D eigenvalue weighted by molar-refractivity contribution is 5.82. The predicted octanol–water partition coefficient (Wildman–Crippen LogP) is 3.90. The lowest BCUT2D eigenvalue weighted by Crippen LogP contribution is -2.52. The molecule has 1 saturated carbocycles. The van der Waals surface area contributed by atoms with Crippen molar-refractivity contribution in [2.45, 2.75) is 87.1 Å². The first kappa shape index (κ1) is 21.0. The van der Waals surface area contributed by atoms with Gasteiger partial charge in [0.2, 0.25) is 11.8 Å². The van der Waals surface area contributed by atoms with Gasteiger partial charge in [-0.1, -0.05) is 55.4 Å². The Kier molecular flexibility index (Phi) is 6.51. The molecule has 24 heavy (non-hydrogen) atoms. The third kappa shape index (κ3) is 5.78. The zero-order valence-corrected chi connectivity index (χ0v) is 17.0. The van der Waals surface area contributed by atoms with Crippen LogP contribution < -0.4 is 10.6 Å². The predicted molar refractivity (Wildman–Crippen MR) is 99.6 cm³/mol. The summed E-state index contributed by atoms with van der Waals surface area (Å²) in [6, 6.07) is 0.174. The maximum Gasteiger partial charge on any atom is 0.225 e. The first-order chi connectivity index (χ1) is 10.8. The number of amides is 2. The fraction of sp³-hybridized carbons (Fsp3) is 0.900. The van der Waals surface area contributed by atoms with Gasteiger partial charge in [0.1, 0.15) is 0 Å². The van der Waals surface area contributed by atoms with Crippen LogP contribution in [0, 0.1) is 22.2 Å². The van der Waals surface area contributed by atoms with Gasteiger partial charge in [0, 0.05) is 23.9 Å². The van der Waals surface area contributed by atoms with E-state index in [0.29, 0.717) is 6.54 Å². The van der Waals surface area contributed by atoms with Crippen molar-refractivity contribution < 1.29 is 9.59 Å². The van der Waals surface area contributed by atoms with Crippen LogP contribution in [-0.4, -0.2) is 24.4 Å². The molecule has 0 bridgehead atoms. The van der Waals surface area contributed by atoms with Gasteiger partial charge in [-0.15, -0.1) is 0 Å². The largest absolute Gasteiger partial charge is 0.355 e. The minimum absolute atomic E-state index is 0.00561. The van der Waals surface area contributed by atoms with Gasteiger partial charge in [-0.2, -0.15) is 0 Å². The molecule has 4 heteroatoms. The van der Waals surface area contributed by atoms with Crippen LogP contribution >= 0.6 is 0 Å². The molecule has 2 amide bonds. The highest BCUT2D eigenvalue weighted by atomic mass is 16.2. The van der Waals surface area contributed by atoms with Crippen LogP contribution in [-0.2, 0) is 9.59 Å². The third-order valence-corrected chi connectivity index (χ3v) is 5.49. The van der Waals surface area contributed by atoms with Gasteiger partial charge in [-0.05, 0) is 36.5 Å². The molecule has 0 aliphatic heterocycles. The molecular formula is C20H38N2O2. The van der Waals surface area contributed by atoms with Crippen molar-refractivity contribution in [3.63, 3.8) is 0 Å². The number of rotatable bonds is 6. The number of hydrogen-bond donors (Lipinski definition) is 2. The normalized spacial score (nSPS) is 27.0. The molecule has 0 aromatic heterocycles. The van der Waals surface area contributed by atoms with E-state index >= 15 is 0 Å². The Morgan fingerprint density at radius 3 is 2.25 bits per heavy atom. The first-order valence-corrected chi connectivity index (χ1v) is 9.39. The van der Waals surface area contributed by atoms with E-state index in [1.165, 1.54) is 0 Å². The lowest BCUT2D eigenvalue weighted by Gasteiger charge is -2.47. The standard InChI is InChI=1S/C20H38N2O2/c1-9-19(6,7)17(24)22-15-10-18(4,5)12-20(8,11-15)13-21-16(23)14(2)3/h14-15H,9-13H2,1-8H3,(H,21,23)(H,22,24). The molecule has 0 heterocycles. The Labute approximate surface area is 148 Å². The Hall–Kier alpha value is -1.06. The van der Waals surface area contributed by atoms with E-state index in [-0.39, 0.29) is 40.0 Å². The average Bonchev–Trinajstić information content (AvgIpc) is 2.42. The second-order valence-electron chi connectivity index (χ2n) is 9.84. The van der Waals surface area contributed by atoms with Crippen LogP contribution in [0.25, 0.3) is 0 Å². The van der Waals surface area contributed by atoms with Crippen molar-refractivity contribution in [2.75, 3.05) is 6.54 Å². The maximum absolute atomic E-state index is 12.6. The van der Waals surface area contributed by atoms with Crippen LogP contribution in [0.4, 0.5) is 0 Å². The number of carbonyl (C=O) groups excluding carboxylic acids is 2. The molecule has 2 N–H and O–H groups in total. The molecule has 4 nitrogen and oxygen atoms in total. The number of carbonyl (C=O) groups is 2. The average molecular weight is 339 g/mol. The van der Waals surface area contributed by atoms with Crippen LogP contribution in [0.5, 0.6) is 0 Å². The van der Waals surface area contributed by atoms with Crippen LogP contribution in [0.15, 0.2) is 0 Å². The monoisotopic (exact) mass is 338 g/mol. The zero-order chi connectivity index (χ0) is 18.8. The fourth-order valence-electron chi connectivity index (χ4n) is 3.92. The van der Waals surface area contributed by atoms with Crippen LogP contribution in [0.1, 0.15) is 81.1 Å². The quantitative estimate of drug-likeness (QED) is 0.772. The van der Waals surface area contributed by atoms with E-state index < -0.39 is 0 Å². The zero-order valence-electron chi connectivity index (χ0n) is 17.0. The molecular weight excluding hydrogens is 300 g/mol. The van der Waals surface area contributed by atoms with Crippen molar-refractivity contribution in [2.24, 2.45) is 22.2 Å². The Morgan fingerprint density at radius 1 is 1.17 bits per heavy atom. The molecule has 2 unspecified atom stereocenters. The summed E-state index contributed by atoms with van der Waals surface area (Å²) < 4.78 is 0. The molecule has 1 aliphatic rings. The summed E-state index contributed by atoms with van der Waals surface area (Å²) >= 11 is 0. The number of nitrogens with one attached hydrogen (secondary N) is 2. The Balaban J connectivity index is 2.79. The van der Waals surface area contributed by atoms with Crippen molar-refractivity contribution in [1.29, 1.82) is 0 Å². The second-order valence-corrected chi connectivity index (χ2v) is 9.84. The third-order valence-electron chi connectivity index (χ3n) is 5.49. The van der Waals surface area contributed by atoms with Crippen LogP contribution in [0.3, 0.4) is 0 Å². The molecule has 0 saturated heterocycles. The van der Waals surface area contributed by atoms with E-state index in [9.17, 15) is 9.59 Å². The summed E-state index contributed by atoms with van der Waals surface area (Å²) in [5.74, 6) is 0.250. The molecule has 0 aromatic carbocycles. The van der Waals surface area contributed by atoms with Crippen molar-refractivity contribution >= 4 is 11.8 Å². The summed E-state index contributed by atoms with van der Waals surface area (Å²) in [6.07, 6.45) is 3.80. The minimum Gasteiger partial charge on any atom is -0.355 e. The number of hydrogen-bond acceptors (Lipinski definition) is 2. The SMILES string of the molecule is CCC(C)(C)C(=O)NC1CC(C)(C)CC(C)(CNC(=O)C(C)C)C1. The van der Waals surface area contributed by atoms with Gasteiger partial charge in [0.15, 0.2) is 0 Å². The molecule has 2 atom stereocenters. The summed E-state index contributed by atoms with van der Waals surface area (Å²) in [5, 5.41) is 6.37. The van der Waals surface area contributed by atoms with Gasteiger partial charge in [-0.25, -0.2) is 0 Å². The fourth-order valence-corrected chi connectivity index (χ4v) is 3.92. The summed E-state index contributed by atoms with van der Waals surface area (Å²) in [6.45, 7) is 17.3. The topological polar surface area (TPSA) is 58.2 Å². The van der Waals surface area contributed by atoms with Gasteiger partial charge >= 0.3 is 0 Å². The lowest BCUT2D eigenvalue weighted by atomic mass is 9.62. The summed E-state index contributed by atoms with van der Waals surface area (Å²) in [7, 11) is 0. The summed E-state index contributed by atoms with van der Waals surface area (Å²) in [5.41, 5.74) is -0.158. The van der Waals surface area contributed by atoms with E-state index in [0.717, 1.165) is 25.7 Å². The molecule has 0 radical (unpaired) electrons. The van der Waals surface area contributed by atoms with E-state index in [1.54, 1.807) is 0 Å². The second kappa shape index (κ2) is 7.45. The first-order valence-electron chi connectivity index (χ1n) is 9.39. The minimum atomic E-state index is -0.330. The van der Waals surface area contributed by atoms with E-state index in [2.05, 4.69) is 38.3 Å². The van der Waals surface area contributed by atoms with Gasteiger partial charge in [-0.3, -0.25) is 9.59 Å². The van der Waals surface area contributed by atoms with Gasteiger partial charge in [0.25, 0.3) is 0 Å².